The number of rotatable bonds is 16. The smallest absolute Gasteiger partial charge is 0.328 e. The molecule has 4 unspecified atom stereocenters. The first-order valence-electron chi connectivity index (χ1n) is 12.8. The normalized spacial score (nSPS) is 14.5. The molecular weight excluding hydrogens is 492 g/mol. The molecule has 210 valence electrons. The molecule has 0 aliphatic carbocycles. The number of aliphatic hydroxyl groups excluding tert-OH is 1. The first-order chi connectivity index (χ1) is 18.1. The predicted molar refractivity (Wildman–Crippen MR) is 143 cm³/mol. The number of aromatic nitrogens is 1. The van der Waals surface area contributed by atoms with E-state index in [9.17, 15) is 29.4 Å². The fraction of sp³-hybridized carbons (Fsp3) is 0.538. The lowest BCUT2D eigenvalue weighted by molar-refractivity contribution is -0.143. The lowest BCUT2D eigenvalue weighted by atomic mass is 10.0. The highest BCUT2D eigenvalue weighted by Gasteiger charge is 2.30. The topological polar surface area (TPSA) is 213 Å². The first kappa shape index (κ1) is 30.7. The van der Waals surface area contributed by atoms with Gasteiger partial charge in [-0.05, 0) is 49.8 Å². The van der Waals surface area contributed by atoms with Crippen molar-refractivity contribution < 1.29 is 29.4 Å². The van der Waals surface area contributed by atoms with Gasteiger partial charge in [-0.25, -0.2) is 4.79 Å². The summed E-state index contributed by atoms with van der Waals surface area (Å²) in [5, 5.41) is 27.1. The van der Waals surface area contributed by atoms with Crippen LogP contribution in [0.25, 0.3) is 10.9 Å². The number of carboxylic acid groups (broad SMARTS) is 1. The molecule has 1 heterocycles. The maximum absolute atomic E-state index is 13.4. The van der Waals surface area contributed by atoms with Gasteiger partial charge in [-0.15, -0.1) is 0 Å². The Morgan fingerprint density at radius 1 is 0.947 bits per heavy atom. The number of unbranched alkanes of at least 4 members (excludes halogenated alkanes) is 1. The number of hydrogen-bond donors (Lipinski definition) is 8. The molecule has 0 fully saturated rings. The second-order valence-electron chi connectivity index (χ2n) is 9.79. The molecule has 10 N–H and O–H groups in total. The van der Waals surface area contributed by atoms with Crippen LogP contribution < -0.4 is 27.4 Å². The number of aliphatic carboxylic acids is 1. The van der Waals surface area contributed by atoms with Crippen molar-refractivity contribution in [3.8, 4) is 0 Å². The van der Waals surface area contributed by atoms with Crippen LogP contribution in [0.2, 0.25) is 0 Å². The third kappa shape index (κ3) is 9.12. The van der Waals surface area contributed by atoms with Gasteiger partial charge in [0, 0.05) is 23.5 Å². The van der Waals surface area contributed by atoms with E-state index in [0.717, 1.165) is 16.5 Å². The summed E-state index contributed by atoms with van der Waals surface area (Å²) in [6, 6.07) is 2.91. The molecule has 12 nitrogen and oxygen atoms in total. The zero-order chi connectivity index (χ0) is 28.2. The van der Waals surface area contributed by atoms with E-state index in [1.807, 2.05) is 38.1 Å². The largest absolute Gasteiger partial charge is 0.480 e. The van der Waals surface area contributed by atoms with Crippen LogP contribution in [0.5, 0.6) is 0 Å². The minimum absolute atomic E-state index is 0.0374. The van der Waals surface area contributed by atoms with Gasteiger partial charge >= 0.3 is 5.97 Å². The van der Waals surface area contributed by atoms with Gasteiger partial charge in [-0.1, -0.05) is 32.0 Å². The molecule has 0 aliphatic heterocycles. The fourth-order valence-electron chi connectivity index (χ4n) is 4.12. The van der Waals surface area contributed by atoms with Crippen LogP contribution in [0.4, 0.5) is 0 Å². The van der Waals surface area contributed by atoms with E-state index in [4.69, 9.17) is 11.5 Å². The number of para-hydroxylation sites is 1. The van der Waals surface area contributed by atoms with E-state index in [2.05, 4.69) is 20.9 Å². The Hall–Kier alpha value is -3.48. The first-order valence-corrected chi connectivity index (χ1v) is 12.8. The van der Waals surface area contributed by atoms with Crippen molar-refractivity contribution in [2.24, 2.45) is 17.4 Å². The zero-order valence-electron chi connectivity index (χ0n) is 21.9. The van der Waals surface area contributed by atoms with E-state index in [1.54, 1.807) is 6.20 Å². The van der Waals surface area contributed by atoms with Crippen LogP contribution in [0.1, 0.15) is 45.1 Å². The van der Waals surface area contributed by atoms with E-state index in [1.165, 1.54) is 0 Å². The highest BCUT2D eigenvalue weighted by atomic mass is 16.4. The predicted octanol–water partition coefficient (Wildman–Crippen LogP) is -0.256. The lowest BCUT2D eigenvalue weighted by Gasteiger charge is -2.25. The number of nitrogens with one attached hydrogen (secondary N) is 4. The van der Waals surface area contributed by atoms with Crippen molar-refractivity contribution in [1.82, 2.24) is 20.9 Å². The van der Waals surface area contributed by atoms with Crippen molar-refractivity contribution in [3.63, 3.8) is 0 Å². The Balaban J connectivity index is 2.28. The molecular formula is C26H40N6O6. The molecule has 1 aromatic carbocycles. The number of benzene rings is 1. The monoisotopic (exact) mass is 532 g/mol. The highest BCUT2D eigenvalue weighted by Crippen LogP contribution is 2.19. The summed E-state index contributed by atoms with van der Waals surface area (Å²) in [5.41, 5.74) is 13.1. The highest BCUT2D eigenvalue weighted by molar-refractivity contribution is 5.94. The number of carbonyl (C=O) groups excluding carboxylic acids is 3. The van der Waals surface area contributed by atoms with Gasteiger partial charge in [-0.2, -0.15) is 0 Å². The summed E-state index contributed by atoms with van der Waals surface area (Å²) in [5.74, 6) is -3.10. The van der Waals surface area contributed by atoms with Crippen LogP contribution >= 0.6 is 0 Å². The average molecular weight is 533 g/mol. The maximum atomic E-state index is 13.4. The molecule has 2 aromatic rings. The second kappa shape index (κ2) is 15.1. The van der Waals surface area contributed by atoms with Crippen molar-refractivity contribution in [2.45, 2.75) is 70.1 Å². The molecule has 12 heteroatoms. The third-order valence-corrected chi connectivity index (χ3v) is 6.17. The van der Waals surface area contributed by atoms with Crippen LogP contribution in [-0.2, 0) is 25.6 Å². The van der Waals surface area contributed by atoms with E-state index in [-0.39, 0.29) is 18.8 Å². The number of aliphatic hydroxyl groups is 1. The van der Waals surface area contributed by atoms with Gasteiger partial charge in [0.05, 0.1) is 12.6 Å². The summed E-state index contributed by atoms with van der Waals surface area (Å²) in [6.07, 6.45) is 3.65. The average Bonchev–Trinajstić information content (AvgIpc) is 3.28. The Morgan fingerprint density at radius 3 is 2.21 bits per heavy atom. The number of nitrogens with two attached hydrogens (primary N) is 2. The van der Waals surface area contributed by atoms with E-state index in [0.29, 0.717) is 25.8 Å². The Morgan fingerprint density at radius 2 is 1.58 bits per heavy atom. The van der Waals surface area contributed by atoms with Gasteiger partial charge in [-0.3, -0.25) is 14.4 Å². The van der Waals surface area contributed by atoms with Crippen molar-refractivity contribution >= 4 is 34.6 Å². The van der Waals surface area contributed by atoms with Crippen LogP contribution in [0, 0.1) is 5.92 Å². The molecule has 2 rings (SSSR count). The maximum Gasteiger partial charge on any atom is 0.328 e. The lowest BCUT2D eigenvalue weighted by Crippen LogP contribution is -2.58. The van der Waals surface area contributed by atoms with Gasteiger partial charge in [0.2, 0.25) is 17.7 Å². The number of aromatic amines is 1. The van der Waals surface area contributed by atoms with E-state index < -0.39 is 54.5 Å². The molecule has 1 aromatic heterocycles. The second-order valence-corrected chi connectivity index (χ2v) is 9.79. The standard InChI is InChI=1S/C26H40N6O6/c1-15(2)11-18(28)23(34)30-20(9-5-6-10-27)24(35)31-21(25(36)32-22(14-33)26(37)38)12-16-13-29-19-8-4-3-7-17(16)19/h3-4,7-8,13,15,18,20-22,29,33H,5-6,9-12,14,27-28H2,1-2H3,(H,30,34)(H,31,35)(H,32,36)(H,37,38). The number of carbonyl (C=O) groups is 4. The number of hydrogen-bond acceptors (Lipinski definition) is 7. The number of H-pyrrole nitrogens is 1. The molecule has 0 aliphatic rings. The van der Waals surface area contributed by atoms with Gasteiger partial charge < -0.3 is 42.6 Å². The van der Waals surface area contributed by atoms with Crippen LogP contribution in [-0.4, -0.2) is 76.2 Å². The molecule has 0 saturated carbocycles. The summed E-state index contributed by atoms with van der Waals surface area (Å²) in [4.78, 5) is 53.7. The quantitative estimate of drug-likeness (QED) is 0.135. The molecule has 4 atom stereocenters. The third-order valence-electron chi connectivity index (χ3n) is 6.17. The van der Waals surface area contributed by atoms with Crippen LogP contribution in [0.15, 0.2) is 30.5 Å². The summed E-state index contributed by atoms with van der Waals surface area (Å²) in [7, 11) is 0. The summed E-state index contributed by atoms with van der Waals surface area (Å²) < 4.78 is 0. The fourth-order valence-corrected chi connectivity index (χ4v) is 4.12. The van der Waals surface area contributed by atoms with Crippen molar-refractivity contribution in [2.75, 3.05) is 13.2 Å². The SMILES string of the molecule is CC(C)CC(N)C(=O)NC(CCCCN)C(=O)NC(Cc1c[nH]c2ccccc12)C(=O)NC(CO)C(=O)O. The molecule has 0 spiro atoms. The van der Waals surface area contributed by atoms with E-state index >= 15 is 0 Å². The Labute approximate surface area is 221 Å². The molecule has 0 bridgehead atoms. The van der Waals surface area contributed by atoms with Gasteiger partial charge in [0.25, 0.3) is 0 Å². The van der Waals surface area contributed by atoms with Crippen LogP contribution in [0.3, 0.4) is 0 Å². The Kier molecular flexibility index (Phi) is 12.2. The van der Waals surface area contributed by atoms with Crippen molar-refractivity contribution in [1.29, 1.82) is 0 Å². The molecule has 0 radical (unpaired) electrons. The number of carboxylic acids is 1. The number of fused-ring (bicyclic) bond motifs is 1. The van der Waals surface area contributed by atoms with Gasteiger partial charge in [0.1, 0.15) is 18.1 Å². The molecule has 3 amide bonds. The minimum atomic E-state index is -1.54. The number of amides is 3. The molecule has 38 heavy (non-hydrogen) atoms. The zero-order valence-corrected chi connectivity index (χ0v) is 21.9. The van der Waals surface area contributed by atoms with Gasteiger partial charge in [0.15, 0.2) is 0 Å². The summed E-state index contributed by atoms with van der Waals surface area (Å²) in [6.45, 7) is 3.46. The Bertz CT molecular complexity index is 1090. The van der Waals surface area contributed by atoms with Crippen molar-refractivity contribution in [3.05, 3.63) is 36.0 Å². The molecule has 0 saturated heterocycles. The minimum Gasteiger partial charge on any atom is -0.480 e. The summed E-state index contributed by atoms with van der Waals surface area (Å²) >= 11 is 0.